The van der Waals surface area contributed by atoms with E-state index in [9.17, 15) is 18.0 Å². The fourth-order valence-electron chi connectivity index (χ4n) is 2.45. The summed E-state index contributed by atoms with van der Waals surface area (Å²) >= 11 is 0. The Balaban J connectivity index is 1.92. The van der Waals surface area contributed by atoms with Gasteiger partial charge in [0.1, 0.15) is 5.75 Å². The van der Waals surface area contributed by atoms with Crippen LogP contribution in [0.15, 0.2) is 24.3 Å². The van der Waals surface area contributed by atoms with E-state index < -0.39 is 6.36 Å². The first-order valence-electron chi connectivity index (χ1n) is 6.76. The molecule has 1 aromatic rings. The first-order chi connectivity index (χ1) is 9.83. The van der Waals surface area contributed by atoms with Gasteiger partial charge in [0.2, 0.25) is 5.91 Å². The van der Waals surface area contributed by atoms with Gasteiger partial charge in [0.15, 0.2) is 0 Å². The number of hydrogen-bond acceptors (Lipinski definition) is 3. The number of anilines is 1. The Morgan fingerprint density at radius 2 is 1.90 bits per heavy atom. The van der Waals surface area contributed by atoms with Gasteiger partial charge in [-0.3, -0.25) is 4.79 Å². The number of hydrogen-bond donors (Lipinski definition) is 2. The lowest BCUT2D eigenvalue weighted by Gasteiger charge is -2.25. The fourth-order valence-corrected chi connectivity index (χ4v) is 2.45. The van der Waals surface area contributed by atoms with Crippen LogP contribution < -0.4 is 15.8 Å². The van der Waals surface area contributed by atoms with Crippen LogP contribution in [0.2, 0.25) is 0 Å². The molecule has 2 rings (SSSR count). The molecule has 0 aromatic heterocycles. The number of ether oxygens (including phenoxy) is 1. The van der Waals surface area contributed by atoms with Crippen molar-refractivity contribution in [1.82, 2.24) is 0 Å². The smallest absolute Gasteiger partial charge is 0.406 e. The molecule has 4 nitrogen and oxygen atoms in total. The molecule has 2 unspecified atom stereocenters. The largest absolute Gasteiger partial charge is 0.573 e. The lowest BCUT2D eigenvalue weighted by atomic mass is 9.85. The summed E-state index contributed by atoms with van der Waals surface area (Å²) in [7, 11) is 0. The molecule has 1 amide bonds. The Hall–Kier alpha value is -1.76. The lowest BCUT2D eigenvalue weighted by Crippen LogP contribution is -2.34. The molecule has 7 heteroatoms. The van der Waals surface area contributed by atoms with Crippen molar-refractivity contribution in [2.24, 2.45) is 11.7 Å². The van der Waals surface area contributed by atoms with Crippen LogP contribution in [0, 0.1) is 5.92 Å². The molecular formula is C14H17F3N2O2. The summed E-state index contributed by atoms with van der Waals surface area (Å²) in [6, 6.07) is 5.12. The molecule has 0 aliphatic heterocycles. The minimum atomic E-state index is -4.72. The van der Waals surface area contributed by atoms with Crippen LogP contribution in [0.5, 0.6) is 5.75 Å². The average molecular weight is 302 g/mol. The minimum Gasteiger partial charge on any atom is -0.406 e. The number of nitrogens with two attached hydrogens (primary N) is 1. The zero-order valence-electron chi connectivity index (χ0n) is 11.3. The van der Waals surface area contributed by atoms with Gasteiger partial charge in [-0.05, 0) is 43.5 Å². The van der Waals surface area contributed by atoms with E-state index in [2.05, 4.69) is 10.1 Å². The van der Waals surface area contributed by atoms with E-state index >= 15 is 0 Å². The van der Waals surface area contributed by atoms with Crippen LogP contribution in [0.1, 0.15) is 25.7 Å². The van der Waals surface area contributed by atoms with Crippen molar-refractivity contribution in [2.45, 2.75) is 38.1 Å². The number of amides is 1. The van der Waals surface area contributed by atoms with Crippen LogP contribution >= 0.6 is 0 Å². The highest BCUT2D eigenvalue weighted by molar-refractivity contribution is 5.92. The molecule has 0 saturated heterocycles. The molecule has 116 valence electrons. The van der Waals surface area contributed by atoms with Crippen molar-refractivity contribution in [3.8, 4) is 5.75 Å². The highest BCUT2D eigenvalue weighted by atomic mass is 19.4. The summed E-state index contributed by atoms with van der Waals surface area (Å²) in [6.45, 7) is 0. The molecule has 3 N–H and O–H groups in total. The van der Waals surface area contributed by atoms with Gasteiger partial charge in [0, 0.05) is 17.6 Å². The zero-order valence-corrected chi connectivity index (χ0v) is 11.3. The van der Waals surface area contributed by atoms with E-state index in [4.69, 9.17) is 5.73 Å². The van der Waals surface area contributed by atoms with Crippen molar-refractivity contribution in [3.05, 3.63) is 24.3 Å². The summed E-state index contributed by atoms with van der Waals surface area (Å²) in [4.78, 5) is 12.0. The second-order valence-electron chi connectivity index (χ2n) is 5.19. The maximum atomic E-state index is 12.0. The normalized spacial score (nSPS) is 22.7. The number of carbonyl (C=O) groups is 1. The first-order valence-corrected chi connectivity index (χ1v) is 6.76. The third kappa shape index (κ3) is 4.93. The number of rotatable bonds is 3. The van der Waals surface area contributed by atoms with Gasteiger partial charge in [-0.1, -0.05) is 6.42 Å². The third-order valence-electron chi connectivity index (χ3n) is 3.44. The Morgan fingerprint density at radius 1 is 1.24 bits per heavy atom. The summed E-state index contributed by atoms with van der Waals surface area (Å²) in [6.07, 6.45) is -1.45. The van der Waals surface area contributed by atoms with Crippen LogP contribution in [-0.4, -0.2) is 18.3 Å². The Kier molecular flexibility index (Phi) is 4.72. The van der Waals surface area contributed by atoms with Crippen molar-refractivity contribution in [3.63, 3.8) is 0 Å². The molecule has 1 aromatic carbocycles. The Bertz CT molecular complexity index is 488. The lowest BCUT2D eigenvalue weighted by molar-refractivity contribution is -0.274. The number of nitrogens with one attached hydrogen (secondary N) is 1. The van der Waals surface area contributed by atoms with E-state index in [0.29, 0.717) is 12.1 Å². The minimum absolute atomic E-state index is 0.0389. The quantitative estimate of drug-likeness (QED) is 0.902. The highest BCUT2D eigenvalue weighted by Crippen LogP contribution is 2.26. The fraction of sp³-hybridized carbons (Fsp3) is 0.500. The molecule has 0 spiro atoms. The van der Waals surface area contributed by atoms with Crippen molar-refractivity contribution >= 4 is 11.6 Å². The van der Waals surface area contributed by atoms with E-state index in [1.54, 1.807) is 0 Å². The highest BCUT2D eigenvalue weighted by Gasteiger charge is 2.31. The number of benzene rings is 1. The Labute approximate surface area is 120 Å². The van der Waals surface area contributed by atoms with E-state index in [0.717, 1.165) is 31.4 Å². The van der Waals surface area contributed by atoms with Crippen LogP contribution in [0.4, 0.5) is 18.9 Å². The molecule has 0 heterocycles. The standard InChI is InChI=1S/C14H17F3N2O2/c15-14(16,17)21-12-6-4-11(5-7-12)19-13(20)9-2-1-3-10(18)8-9/h4-7,9-10H,1-3,8,18H2,(H,19,20). The molecule has 1 saturated carbocycles. The van der Waals surface area contributed by atoms with Gasteiger partial charge in [-0.2, -0.15) is 0 Å². The SMILES string of the molecule is NC1CCCC(C(=O)Nc2ccc(OC(F)(F)F)cc2)C1. The molecule has 1 fully saturated rings. The van der Waals surface area contributed by atoms with Crippen molar-refractivity contribution in [2.75, 3.05) is 5.32 Å². The summed E-state index contributed by atoms with van der Waals surface area (Å²) in [5.74, 6) is -0.602. The summed E-state index contributed by atoms with van der Waals surface area (Å²) in [5, 5.41) is 2.69. The van der Waals surface area contributed by atoms with Gasteiger partial charge >= 0.3 is 6.36 Å². The average Bonchev–Trinajstić information content (AvgIpc) is 2.39. The van der Waals surface area contributed by atoms with E-state index in [1.165, 1.54) is 12.1 Å². The second-order valence-corrected chi connectivity index (χ2v) is 5.19. The van der Waals surface area contributed by atoms with Gasteiger partial charge < -0.3 is 15.8 Å². The maximum Gasteiger partial charge on any atom is 0.573 e. The van der Waals surface area contributed by atoms with Crippen LogP contribution in [0.25, 0.3) is 0 Å². The zero-order chi connectivity index (χ0) is 15.5. The van der Waals surface area contributed by atoms with E-state index in [1.807, 2.05) is 0 Å². The second kappa shape index (κ2) is 6.34. The summed E-state index contributed by atoms with van der Waals surface area (Å²) < 4.78 is 39.8. The molecule has 1 aliphatic rings. The molecule has 1 aliphatic carbocycles. The number of alkyl halides is 3. The summed E-state index contributed by atoms with van der Waals surface area (Å²) in [5.41, 5.74) is 6.27. The first kappa shape index (κ1) is 15.6. The predicted octanol–water partition coefficient (Wildman–Crippen LogP) is 3.04. The van der Waals surface area contributed by atoms with Gasteiger partial charge in [0.05, 0.1) is 0 Å². The predicted molar refractivity (Wildman–Crippen MR) is 71.7 cm³/mol. The molecule has 2 atom stereocenters. The van der Waals surface area contributed by atoms with Gasteiger partial charge in [-0.25, -0.2) is 0 Å². The molecule has 21 heavy (non-hydrogen) atoms. The van der Waals surface area contributed by atoms with E-state index in [-0.39, 0.29) is 23.6 Å². The van der Waals surface area contributed by atoms with Crippen LogP contribution in [-0.2, 0) is 4.79 Å². The van der Waals surface area contributed by atoms with Crippen LogP contribution in [0.3, 0.4) is 0 Å². The monoisotopic (exact) mass is 302 g/mol. The maximum absolute atomic E-state index is 12.0. The molecule has 0 bridgehead atoms. The molecular weight excluding hydrogens is 285 g/mol. The topological polar surface area (TPSA) is 64.4 Å². The Morgan fingerprint density at radius 3 is 2.48 bits per heavy atom. The number of carbonyl (C=O) groups excluding carboxylic acids is 1. The number of halogens is 3. The third-order valence-corrected chi connectivity index (χ3v) is 3.44. The van der Waals surface area contributed by atoms with Crippen molar-refractivity contribution < 1.29 is 22.7 Å². The molecule has 0 radical (unpaired) electrons. The van der Waals surface area contributed by atoms with Gasteiger partial charge in [-0.15, -0.1) is 13.2 Å². The van der Waals surface area contributed by atoms with Crippen molar-refractivity contribution in [1.29, 1.82) is 0 Å². The van der Waals surface area contributed by atoms with Gasteiger partial charge in [0.25, 0.3) is 0 Å².